The molecule has 2 aliphatic heterocycles. The van der Waals surface area contributed by atoms with Crippen LogP contribution in [0.1, 0.15) is 19.3 Å². The molecular weight excluding hydrogens is 340 g/mol. The van der Waals surface area contributed by atoms with Gasteiger partial charge in [0.15, 0.2) is 0 Å². The van der Waals surface area contributed by atoms with Crippen LogP contribution in [-0.4, -0.2) is 49.8 Å². The molecular formula is C14H19BrN2O2S. The Hall–Kier alpha value is -0.430. The maximum atomic E-state index is 12.7. The largest absolute Gasteiger partial charge is 0.299 e. The first-order chi connectivity index (χ1) is 9.59. The van der Waals surface area contributed by atoms with E-state index in [9.17, 15) is 8.42 Å². The van der Waals surface area contributed by atoms with Crippen LogP contribution in [0.5, 0.6) is 0 Å². The lowest BCUT2D eigenvalue weighted by molar-refractivity contribution is 0.251. The molecule has 2 fully saturated rings. The quantitative estimate of drug-likeness (QED) is 0.832. The predicted molar refractivity (Wildman–Crippen MR) is 82.1 cm³/mol. The van der Waals surface area contributed by atoms with Gasteiger partial charge in [-0.1, -0.05) is 12.1 Å². The Balaban J connectivity index is 1.78. The number of benzene rings is 1. The minimum Gasteiger partial charge on any atom is -0.299 e. The summed E-state index contributed by atoms with van der Waals surface area (Å²) in [6.45, 7) is 3.50. The molecule has 0 spiro atoms. The molecule has 1 atom stereocenters. The molecule has 0 aromatic heterocycles. The van der Waals surface area contributed by atoms with E-state index in [-0.39, 0.29) is 0 Å². The second kappa shape index (κ2) is 5.75. The van der Waals surface area contributed by atoms with E-state index in [2.05, 4.69) is 20.8 Å². The molecule has 0 amide bonds. The molecule has 0 saturated carbocycles. The highest BCUT2D eigenvalue weighted by Gasteiger charge is 2.36. The SMILES string of the molecule is O=S(=O)(c1ccccc1Br)N1CCC(N2CCCC2)C1. The Labute approximate surface area is 128 Å². The van der Waals surface area contributed by atoms with Crippen molar-refractivity contribution in [3.05, 3.63) is 28.7 Å². The van der Waals surface area contributed by atoms with Crippen LogP contribution in [0.25, 0.3) is 0 Å². The first-order valence-corrected chi connectivity index (χ1v) is 9.31. The number of halogens is 1. The van der Waals surface area contributed by atoms with Crippen molar-refractivity contribution >= 4 is 26.0 Å². The van der Waals surface area contributed by atoms with Gasteiger partial charge in [0, 0.05) is 23.6 Å². The van der Waals surface area contributed by atoms with E-state index in [0.29, 0.717) is 28.5 Å². The monoisotopic (exact) mass is 358 g/mol. The topological polar surface area (TPSA) is 40.6 Å². The third-order valence-corrected chi connectivity index (χ3v) is 7.11. The summed E-state index contributed by atoms with van der Waals surface area (Å²) in [5.41, 5.74) is 0. The van der Waals surface area contributed by atoms with Gasteiger partial charge in [-0.25, -0.2) is 8.42 Å². The summed E-state index contributed by atoms with van der Waals surface area (Å²) in [5, 5.41) is 0. The average molecular weight is 359 g/mol. The summed E-state index contributed by atoms with van der Waals surface area (Å²) < 4.78 is 27.7. The summed E-state index contributed by atoms with van der Waals surface area (Å²) in [5.74, 6) is 0. The molecule has 0 aliphatic carbocycles. The zero-order chi connectivity index (χ0) is 14.2. The van der Waals surface area contributed by atoms with Crippen molar-refractivity contribution in [2.75, 3.05) is 26.2 Å². The normalized spacial score (nSPS) is 25.4. The van der Waals surface area contributed by atoms with Crippen molar-refractivity contribution in [2.45, 2.75) is 30.2 Å². The minimum atomic E-state index is -3.37. The second-order valence-electron chi connectivity index (χ2n) is 5.48. The van der Waals surface area contributed by atoms with Crippen LogP contribution in [0.3, 0.4) is 0 Å². The van der Waals surface area contributed by atoms with E-state index in [1.807, 2.05) is 6.07 Å². The lowest BCUT2D eigenvalue weighted by Gasteiger charge is -2.23. The molecule has 2 heterocycles. The molecule has 20 heavy (non-hydrogen) atoms. The number of sulfonamides is 1. The van der Waals surface area contributed by atoms with Crippen LogP contribution in [0.4, 0.5) is 0 Å². The number of hydrogen-bond donors (Lipinski definition) is 0. The fraction of sp³-hybridized carbons (Fsp3) is 0.571. The average Bonchev–Trinajstić information content (AvgIpc) is 3.10. The fourth-order valence-electron chi connectivity index (χ4n) is 3.13. The van der Waals surface area contributed by atoms with Crippen LogP contribution in [-0.2, 0) is 10.0 Å². The first kappa shape index (κ1) is 14.5. The molecule has 3 rings (SSSR count). The molecule has 0 N–H and O–H groups in total. The number of hydrogen-bond acceptors (Lipinski definition) is 3. The number of nitrogens with zero attached hydrogens (tertiary/aromatic N) is 2. The Bertz CT molecular complexity index is 585. The van der Waals surface area contributed by atoms with Gasteiger partial charge in [-0.3, -0.25) is 4.90 Å². The molecule has 1 aromatic carbocycles. The van der Waals surface area contributed by atoms with E-state index < -0.39 is 10.0 Å². The van der Waals surface area contributed by atoms with Crippen molar-refractivity contribution < 1.29 is 8.42 Å². The summed E-state index contributed by atoms with van der Waals surface area (Å²) in [6.07, 6.45) is 3.44. The highest BCUT2D eigenvalue weighted by atomic mass is 79.9. The van der Waals surface area contributed by atoms with Gasteiger partial charge in [0.05, 0.1) is 4.90 Å². The number of likely N-dealkylation sites (tertiary alicyclic amines) is 1. The summed E-state index contributed by atoms with van der Waals surface area (Å²) in [7, 11) is -3.37. The smallest absolute Gasteiger partial charge is 0.244 e. The van der Waals surface area contributed by atoms with Gasteiger partial charge in [0.1, 0.15) is 0 Å². The van der Waals surface area contributed by atoms with Crippen molar-refractivity contribution in [2.24, 2.45) is 0 Å². The van der Waals surface area contributed by atoms with Gasteiger partial charge < -0.3 is 0 Å². The lowest BCUT2D eigenvalue weighted by Crippen LogP contribution is -2.37. The zero-order valence-corrected chi connectivity index (χ0v) is 13.7. The summed E-state index contributed by atoms with van der Waals surface area (Å²) in [6, 6.07) is 7.45. The maximum absolute atomic E-state index is 12.7. The number of rotatable bonds is 3. The van der Waals surface area contributed by atoms with E-state index in [1.54, 1.807) is 22.5 Å². The molecule has 6 heteroatoms. The van der Waals surface area contributed by atoms with Gasteiger partial charge in [0.2, 0.25) is 10.0 Å². The molecule has 4 nitrogen and oxygen atoms in total. The first-order valence-electron chi connectivity index (χ1n) is 7.08. The molecule has 1 unspecified atom stereocenters. The molecule has 0 radical (unpaired) electrons. The fourth-order valence-corrected chi connectivity index (χ4v) is 5.58. The summed E-state index contributed by atoms with van der Waals surface area (Å²) >= 11 is 3.34. The zero-order valence-electron chi connectivity index (χ0n) is 11.3. The molecule has 110 valence electrons. The maximum Gasteiger partial charge on any atom is 0.244 e. The van der Waals surface area contributed by atoms with Crippen LogP contribution < -0.4 is 0 Å². The van der Waals surface area contributed by atoms with E-state index in [0.717, 1.165) is 19.5 Å². The van der Waals surface area contributed by atoms with Crippen molar-refractivity contribution in [3.8, 4) is 0 Å². The Morgan fingerprint density at radius 2 is 1.80 bits per heavy atom. The van der Waals surface area contributed by atoms with Gasteiger partial charge in [-0.2, -0.15) is 4.31 Å². The highest BCUT2D eigenvalue weighted by molar-refractivity contribution is 9.10. The predicted octanol–water partition coefficient (Wildman–Crippen LogP) is 2.31. The lowest BCUT2D eigenvalue weighted by atomic mass is 10.2. The van der Waals surface area contributed by atoms with E-state index >= 15 is 0 Å². The van der Waals surface area contributed by atoms with Gasteiger partial charge in [-0.15, -0.1) is 0 Å². The second-order valence-corrected chi connectivity index (χ2v) is 8.24. The Morgan fingerprint density at radius 3 is 2.50 bits per heavy atom. The van der Waals surface area contributed by atoms with Crippen LogP contribution in [0.2, 0.25) is 0 Å². The van der Waals surface area contributed by atoms with Crippen LogP contribution >= 0.6 is 15.9 Å². The Kier molecular flexibility index (Phi) is 4.17. The van der Waals surface area contributed by atoms with Crippen molar-refractivity contribution in [3.63, 3.8) is 0 Å². The van der Waals surface area contributed by atoms with Gasteiger partial charge >= 0.3 is 0 Å². The van der Waals surface area contributed by atoms with E-state index in [1.165, 1.54) is 12.8 Å². The standard InChI is InChI=1S/C14H19BrN2O2S/c15-13-5-1-2-6-14(13)20(18,19)17-10-7-12(11-17)16-8-3-4-9-16/h1-2,5-6,12H,3-4,7-11H2. The molecule has 2 saturated heterocycles. The third kappa shape index (κ3) is 2.66. The van der Waals surface area contributed by atoms with Gasteiger partial charge in [-0.05, 0) is 60.4 Å². The minimum absolute atomic E-state index is 0.377. The van der Waals surface area contributed by atoms with Crippen LogP contribution in [0, 0.1) is 0 Å². The van der Waals surface area contributed by atoms with Crippen molar-refractivity contribution in [1.82, 2.24) is 9.21 Å². The highest BCUT2D eigenvalue weighted by Crippen LogP contribution is 2.29. The van der Waals surface area contributed by atoms with Gasteiger partial charge in [0.25, 0.3) is 0 Å². The molecule has 1 aromatic rings. The Morgan fingerprint density at radius 1 is 1.10 bits per heavy atom. The third-order valence-electron chi connectivity index (χ3n) is 4.24. The van der Waals surface area contributed by atoms with E-state index in [4.69, 9.17) is 0 Å². The van der Waals surface area contributed by atoms with Crippen LogP contribution in [0.15, 0.2) is 33.6 Å². The molecule has 0 bridgehead atoms. The van der Waals surface area contributed by atoms with Crippen molar-refractivity contribution in [1.29, 1.82) is 0 Å². The molecule has 2 aliphatic rings. The summed E-state index contributed by atoms with van der Waals surface area (Å²) in [4.78, 5) is 2.82.